The molecule has 22 heavy (non-hydrogen) atoms. The molecule has 0 aliphatic carbocycles. The van der Waals surface area contributed by atoms with Crippen LogP contribution in [0.2, 0.25) is 0 Å². The Morgan fingerprint density at radius 3 is 1.77 bits per heavy atom. The van der Waals surface area contributed by atoms with Crippen molar-refractivity contribution in [1.82, 2.24) is 0 Å². The Morgan fingerprint density at radius 1 is 0.773 bits per heavy atom. The molecular weight excluding hydrogens is 266 g/mol. The number of anilines is 1. The van der Waals surface area contributed by atoms with Crippen LogP contribution in [0.3, 0.4) is 0 Å². The largest absolute Gasteiger partial charge is 0.372 e. The molecule has 0 aromatic heterocycles. The lowest BCUT2D eigenvalue weighted by Gasteiger charge is -2.20. The molecule has 116 valence electrons. The standard InChI is InChI=1S/C21H27N/c1-6-22(7-2)21-12-10-19(11-13-21)8-9-20-14-16(3)18(5)17(4)15-20/h8-15H,6-7H2,1-5H3/b9-8+. The zero-order valence-electron chi connectivity index (χ0n) is 14.5. The van der Waals surface area contributed by atoms with Crippen LogP contribution in [0.4, 0.5) is 5.69 Å². The fraction of sp³-hybridized carbons (Fsp3) is 0.333. The van der Waals surface area contributed by atoms with Gasteiger partial charge >= 0.3 is 0 Å². The van der Waals surface area contributed by atoms with Crippen molar-refractivity contribution in [3.8, 4) is 0 Å². The van der Waals surface area contributed by atoms with Crippen molar-refractivity contribution < 1.29 is 0 Å². The monoisotopic (exact) mass is 293 g/mol. The number of nitrogens with zero attached hydrogens (tertiary/aromatic N) is 1. The second-order valence-electron chi connectivity index (χ2n) is 5.88. The third kappa shape index (κ3) is 3.79. The van der Waals surface area contributed by atoms with Crippen molar-refractivity contribution in [2.75, 3.05) is 18.0 Å². The molecule has 0 saturated carbocycles. The van der Waals surface area contributed by atoms with Crippen molar-refractivity contribution in [2.45, 2.75) is 34.6 Å². The first-order valence-corrected chi connectivity index (χ1v) is 8.16. The highest BCUT2D eigenvalue weighted by molar-refractivity contribution is 5.71. The number of aryl methyl sites for hydroxylation is 2. The second-order valence-corrected chi connectivity index (χ2v) is 5.88. The van der Waals surface area contributed by atoms with Gasteiger partial charge in [-0.3, -0.25) is 0 Å². The fourth-order valence-corrected chi connectivity index (χ4v) is 2.74. The van der Waals surface area contributed by atoms with Gasteiger partial charge in [-0.1, -0.05) is 36.4 Å². The molecule has 0 saturated heterocycles. The summed E-state index contributed by atoms with van der Waals surface area (Å²) in [7, 11) is 0. The SMILES string of the molecule is CCN(CC)c1ccc(/C=C/c2cc(C)c(C)c(C)c2)cc1. The van der Waals surface area contributed by atoms with Crippen LogP contribution < -0.4 is 4.90 Å². The summed E-state index contributed by atoms with van der Waals surface area (Å²) in [6.45, 7) is 13.0. The number of benzene rings is 2. The van der Waals surface area contributed by atoms with E-state index in [0.29, 0.717) is 0 Å². The summed E-state index contributed by atoms with van der Waals surface area (Å²) in [5.74, 6) is 0. The molecule has 2 aromatic carbocycles. The van der Waals surface area contributed by atoms with Gasteiger partial charge in [0.05, 0.1) is 0 Å². The summed E-state index contributed by atoms with van der Waals surface area (Å²) in [4.78, 5) is 2.36. The van der Waals surface area contributed by atoms with Gasteiger partial charge in [-0.2, -0.15) is 0 Å². The zero-order valence-corrected chi connectivity index (χ0v) is 14.5. The van der Waals surface area contributed by atoms with Gasteiger partial charge in [0, 0.05) is 18.8 Å². The van der Waals surface area contributed by atoms with E-state index in [1.807, 2.05) is 0 Å². The highest BCUT2D eigenvalue weighted by Crippen LogP contribution is 2.19. The van der Waals surface area contributed by atoms with E-state index in [1.54, 1.807) is 0 Å². The average molecular weight is 293 g/mol. The van der Waals surface area contributed by atoms with Crippen molar-refractivity contribution in [3.63, 3.8) is 0 Å². The average Bonchev–Trinajstić information content (AvgIpc) is 2.53. The molecule has 0 radical (unpaired) electrons. The molecule has 0 heterocycles. The van der Waals surface area contributed by atoms with E-state index in [2.05, 4.69) is 88.1 Å². The predicted octanol–water partition coefficient (Wildman–Crippen LogP) is 5.63. The maximum absolute atomic E-state index is 2.36. The minimum absolute atomic E-state index is 1.05. The van der Waals surface area contributed by atoms with Crippen LogP contribution >= 0.6 is 0 Å². The Kier molecular flexibility index (Phi) is 5.43. The smallest absolute Gasteiger partial charge is 0.0366 e. The van der Waals surface area contributed by atoms with Gasteiger partial charge in [-0.05, 0) is 74.6 Å². The first-order chi connectivity index (χ1) is 10.5. The van der Waals surface area contributed by atoms with Crippen LogP contribution in [0.5, 0.6) is 0 Å². The van der Waals surface area contributed by atoms with Gasteiger partial charge in [-0.25, -0.2) is 0 Å². The third-order valence-electron chi connectivity index (χ3n) is 4.44. The lowest BCUT2D eigenvalue weighted by Crippen LogP contribution is -2.21. The van der Waals surface area contributed by atoms with Gasteiger partial charge in [0.2, 0.25) is 0 Å². The maximum atomic E-state index is 2.36. The zero-order chi connectivity index (χ0) is 16.1. The summed E-state index contributed by atoms with van der Waals surface area (Å²) in [6.07, 6.45) is 4.39. The topological polar surface area (TPSA) is 3.24 Å². The summed E-state index contributed by atoms with van der Waals surface area (Å²) in [5, 5.41) is 0. The number of rotatable bonds is 5. The minimum atomic E-state index is 1.05. The molecule has 2 rings (SSSR count). The number of hydrogen-bond donors (Lipinski definition) is 0. The van der Waals surface area contributed by atoms with Gasteiger partial charge in [0.15, 0.2) is 0 Å². The molecule has 0 aliphatic rings. The molecule has 0 bridgehead atoms. The van der Waals surface area contributed by atoms with Gasteiger partial charge < -0.3 is 4.90 Å². The Hall–Kier alpha value is -2.02. The molecule has 2 aromatic rings. The van der Waals surface area contributed by atoms with Gasteiger partial charge in [0.25, 0.3) is 0 Å². The van der Waals surface area contributed by atoms with Gasteiger partial charge in [0.1, 0.15) is 0 Å². The molecule has 0 atom stereocenters. The number of hydrogen-bond acceptors (Lipinski definition) is 1. The Labute approximate surface area is 135 Å². The molecule has 0 fully saturated rings. The van der Waals surface area contributed by atoms with Crippen LogP contribution in [0, 0.1) is 20.8 Å². The molecular formula is C21H27N. The van der Waals surface area contributed by atoms with Crippen LogP contribution in [0.15, 0.2) is 36.4 Å². The maximum Gasteiger partial charge on any atom is 0.0366 e. The summed E-state index contributed by atoms with van der Waals surface area (Å²) >= 11 is 0. The Morgan fingerprint density at radius 2 is 1.27 bits per heavy atom. The van der Waals surface area contributed by atoms with E-state index in [4.69, 9.17) is 0 Å². The van der Waals surface area contributed by atoms with E-state index in [0.717, 1.165) is 13.1 Å². The van der Waals surface area contributed by atoms with E-state index < -0.39 is 0 Å². The first-order valence-electron chi connectivity index (χ1n) is 8.16. The van der Waals surface area contributed by atoms with E-state index in [1.165, 1.54) is 33.5 Å². The normalized spacial score (nSPS) is 11.1. The van der Waals surface area contributed by atoms with Crippen LogP contribution in [-0.4, -0.2) is 13.1 Å². The summed E-state index contributed by atoms with van der Waals surface area (Å²) < 4.78 is 0. The second kappa shape index (κ2) is 7.31. The lowest BCUT2D eigenvalue weighted by atomic mass is 10.00. The highest BCUT2D eigenvalue weighted by atomic mass is 15.1. The van der Waals surface area contributed by atoms with Crippen molar-refractivity contribution >= 4 is 17.8 Å². The first kappa shape index (κ1) is 16.4. The molecule has 0 amide bonds. The highest BCUT2D eigenvalue weighted by Gasteiger charge is 2.01. The molecule has 1 heteroatoms. The molecule has 0 N–H and O–H groups in total. The van der Waals surface area contributed by atoms with Crippen LogP contribution in [0.1, 0.15) is 41.7 Å². The fourth-order valence-electron chi connectivity index (χ4n) is 2.74. The quantitative estimate of drug-likeness (QED) is 0.646. The van der Waals surface area contributed by atoms with Crippen molar-refractivity contribution in [3.05, 3.63) is 64.2 Å². The van der Waals surface area contributed by atoms with E-state index in [-0.39, 0.29) is 0 Å². The van der Waals surface area contributed by atoms with Gasteiger partial charge in [-0.15, -0.1) is 0 Å². The third-order valence-corrected chi connectivity index (χ3v) is 4.44. The minimum Gasteiger partial charge on any atom is -0.372 e. The van der Waals surface area contributed by atoms with E-state index >= 15 is 0 Å². The lowest BCUT2D eigenvalue weighted by molar-refractivity contribution is 0.866. The van der Waals surface area contributed by atoms with Crippen molar-refractivity contribution in [2.24, 2.45) is 0 Å². The Balaban J connectivity index is 2.17. The van der Waals surface area contributed by atoms with E-state index in [9.17, 15) is 0 Å². The van der Waals surface area contributed by atoms with Crippen LogP contribution in [-0.2, 0) is 0 Å². The molecule has 0 spiro atoms. The summed E-state index contributed by atoms with van der Waals surface area (Å²) in [5.41, 5.74) is 7.91. The molecule has 0 unspecified atom stereocenters. The summed E-state index contributed by atoms with van der Waals surface area (Å²) in [6, 6.07) is 13.3. The Bertz CT molecular complexity index is 623. The predicted molar refractivity (Wildman–Crippen MR) is 99.6 cm³/mol. The molecule has 1 nitrogen and oxygen atoms in total. The van der Waals surface area contributed by atoms with Crippen LogP contribution in [0.25, 0.3) is 12.2 Å². The van der Waals surface area contributed by atoms with Crippen molar-refractivity contribution in [1.29, 1.82) is 0 Å². The molecule has 0 aliphatic heterocycles.